The molecule has 6 heteroatoms. The van der Waals surface area contributed by atoms with Crippen LogP contribution in [0.5, 0.6) is 0 Å². The van der Waals surface area contributed by atoms with Crippen molar-refractivity contribution in [1.29, 1.82) is 0 Å². The molecule has 4 nitrogen and oxygen atoms in total. The van der Waals surface area contributed by atoms with E-state index in [1.807, 2.05) is 24.6 Å². The van der Waals surface area contributed by atoms with E-state index in [0.717, 1.165) is 33.2 Å². The van der Waals surface area contributed by atoms with Gasteiger partial charge in [0.05, 0.1) is 15.5 Å². The van der Waals surface area contributed by atoms with Crippen molar-refractivity contribution in [3.63, 3.8) is 0 Å². The molecule has 0 spiro atoms. The van der Waals surface area contributed by atoms with E-state index in [9.17, 15) is 4.79 Å². The molecule has 2 heterocycles. The van der Waals surface area contributed by atoms with Gasteiger partial charge in [-0.1, -0.05) is 6.07 Å². The van der Waals surface area contributed by atoms with Gasteiger partial charge < -0.3 is 11.1 Å². The van der Waals surface area contributed by atoms with E-state index in [-0.39, 0.29) is 11.7 Å². The highest BCUT2D eigenvalue weighted by molar-refractivity contribution is 7.99. The Bertz CT molecular complexity index is 650. The molecule has 0 aromatic carbocycles. The van der Waals surface area contributed by atoms with Crippen molar-refractivity contribution in [3.05, 3.63) is 35.0 Å². The van der Waals surface area contributed by atoms with Gasteiger partial charge in [-0.25, -0.2) is 0 Å². The highest BCUT2D eigenvalue weighted by atomic mass is 32.2. The quantitative estimate of drug-likeness (QED) is 0.628. The van der Waals surface area contributed by atoms with Gasteiger partial charge in [0.15, 0.2) is 5.78 Å². The molecule has 0 aliphatic heterocycles. The average molecular weight is 319 g/mol. The molecule has 0 unspecified atom stereocenters. The highest BCUT2D eigenvalue weighted by Gasteiger charge is 2.33. The Balaban J connectivity index is 1.80. The SMILES string of the molecule is CSc1c(NCc2cccnc2)sc(C(=O)C2CC2)c1N. The molecule has 0 atom stereocenters. The molecule has 0 radical (unpaired) electrons. The maximum Gasteiger partial charge on any atom is 0.178 e. The Labute approximate surface area is 132 Å². The number of nitrogens with one attached hydrogen (secondary N) is 1. The van der Waals surface area contributed by atoms with Gasteiger partial charge in [-0.3, -0.25) is 9.78 Å². The van der Waals surface area contributed by atoms with E-state index >= 15 is 0 Å². The number of carbonyl (C=O) groups is 1. The van der Waals surface area contributed by atoms with E-state index < -0.39 is 0 Å². The van der Waals surface area contributed by atoms with Crippen molar-refractivity contribution in [1.82, 2.24) is 4.98 Å². The third-order valence-corrected chi connectivity index (χ3v) is 5.59. The Morgan fingerprint density at radius 3 is 3.00 bits per heavy atom. The summed E-state index contributed by atoms with van der Waals surface area (Å²) in [7, 11) is 0. The number of ketones is 1. The number of pyridine rings is 1. The van der Waals surface area contributed by atoms with Crippen LogP contribution in [0.15, 0.2) is 29.4 Å². The summed E-state index contributed by atoms with van der Waals surface area (Å²) in [5, 5.41) is 4.36. The first kappa shape index (κ1) is 14.4. The largest absolute Gasteiger partial charge is 0.396 e. The summed E-state index contributed by atoms with van der Waals surface area (Å²) in [5.41, 5.74) is 7.91. The first-order chi connectivity index (χ1) is 10.2. The van der Waals surface area contributed by atoms with Gasteiger partial charge in [0.1, 0.15) is 5.00 Å². The molecular formula is C15H17N3OS2. The third kappa shape index (κ3) is 3.06. The number of thioether (sulfide) groups is 1. The van der Waals surface area contributed by atoms with Crippen LogP contribution in [-0.4, -0.2) is 17.0 Å². The normalized spacial score (nSPS) is 14.1. The number of hydrogen-bond acceptors (Lipinski definition) is 6. The first-order valence-corrected chi connectivity index (χ1v) is 8.88. The molecule has 0 amide bonds. The maximum atomic E-state index is 12.3. The van der Waals surface area contributed by atoms with E-state index in [1.54, 1.807) is 18.0 Å². The van der Waals surface area contributed by atoms with Crippen molar-refractivity contribution in [2.45, 2.75) is 24.3 Å². The van der Waals surface area contributed by atoms with E-state index in [0.29, 0.717) is 12.2 Å². The minimum absolute atomic E-state index is 0.201. The van der Waals surface area contributed by atoms with Crippen molar-refractivity contribution >= 4 is 39.6 Å². The second-order valence-corrected chi connectivity index (χ2v) is 6.90. The molecule has 0 bridgehead atoms. The standard InChI is InChI=1S/C15H17N3OS2/c1-20-14-11(16)13(12(19)10-4-5-10)21-15(14)18-8-9-3-2-6-17-7-9/h2-3,6-7,10,18H,4-5,8,16H2,1H3. The zero-order valence-corrected chi connectivity index (χ0v) is 13.4. The van der Waals surface area contributed by atoms with Crippen LogP contribution in [0, 0.1) is 5.92 Å². The summed E-state index contributed by atoms with van der Waals surface area (Å²) in [5.74, 6) is 0.411. The molecular weight excluding hydrogens is 302 g/mol. The van der Waals surface area contributed by atoms with Crippen molar-refractivity contribution in [3.8, 4) is 0 Å². The van der Waals surface area contributed by atoms with Gasteiger partial charge in [-0.2, -0.15) is 0 Å². The number of Topliss-reactive ketones (excluding diaryl/α,β-unsaturated/α-hetero) is 1. The van der Waals surface area contributed by atoms with Crippen LogP contribution in [0.3, 0.4) is 0 Å². The fraction of sp³-hybridized carbons (Fsp3) is 0.333. The molecule has 2 aromatic rings. The van der Waals surface area contributed by atoms with Crippen LogP contribution in [0.4, 0.5) is 10.7 Å². The summed E-state index contributed by atoms with van der Waals surface area (Å²) in [6, 6.07) is 3.93. The number of carbonyl (C=O) groups excluding carboxylic acids is 1. The number of nitrogens with two attached hydrogens (primary N) is 1. The Hall–Kier alpha value is -1.53. The molecule has 2 aromatic heterocycles. The van der Waals surface area contributed by atoms with Crippen LogP contribution in [0.1, 0.15) is 28.1 Å². The van der Waals surface area contributed by atoms with Gasteiger partial charge in [0, 0.05) is 24.9 Å². The predicted molar refractivity (Wildman–Crippen MR) is 89.1 cm³/mol. The fourth-order valence-corrected chi connectivity index (χ4v) is 4.20. The number of nitrogens with zero attached hydrogens (tertiary/aromatic N) is 1. The van der Waals surface area contributed by atoms with E-state index in [4.69, 9.17) is 5.73 Å². The van der Waals surface area contributed by atoms with E-state index in [1.165, 1.54) is 11.3 Å². The molecule has 3 N–H and O–H groups in total. The van der Waals surface area contributed by atoms with Gasteiger partial charge in [0.25, 0.3) is 0 Å². The first-order valence-electron chi connectivity index (χ1n) is 6.84. The minimum Gasteiger partial charge on any atom is -0.396 e. The van der Waals surface area contributed by atoms with Gasteiger partial charge in [0.2, 0.25) is 0 Å². The summed E-state index contributed by atoms with van der Waals surface area (Å²) < 4.78 is 0. The number of hydrogen-bond donors (Lipinski definition) is 2. The van der Waals surface area contributed by atoms with Gasteiger partial charge in [-0.05, 0) is 30.7 Å². The summed E-state index contributed by atoms with van der Waals surface area (Å²) >= 11 is 3.06. The second kappa shape index (κ2) is 6.07. The molecule has 3 rings (SSSR count). The maximum absolute atomic E-state index is 12.3. The summed E-state index contributed by atoms with van der Waals surface area (Å²) in [6.45, 7) is 0.679. The number of nitrogen functional groups attached to an aromatic ring is 1. The fourth-order valence-electron chi connectivity index (χ4n) is 2.15. The third-order valence-electron chi connectivity index (χ3n) is 3.45. The minimum atomic E-state index is 0.201. The number of anilines is 2. The Morgan fingerprint density at radius 1 is 1.57 bits per heavy atom. The number of thiophene rings is 1. The van der Waals surface area contributed by atoms with Crippen LogP contribution in [0.25, 0.3) is 0 Å². The average Bonchev–Trinajstić information content (AvgIpc) is 3.30. The highest BCUT2D eigenvalue weighted by Crippen LogP contribution is 2.45. The Morgan fingerprint density at radius 2 is 2.38 bits per heavy atom. The van der Waals surface area contributed by atoms with Crippen molar-refractivity contribution in [2.24, 2.45) is 5.92 Å². The molecule has 21 heavy (non-hydrogen) atoms. The van der Waals surface area contributed by atoms with Crippen LogP contribution in [0.2, 0.25) is 0 Å². The number of rotatable bonds is 6. The van der Waals surface area contributed by atoms with Crippen LogP contribution < -0.4 is 11.1 Å². The molecule has 1 aliphatic carbocycles. The van der Waals surface area contributed by atoms with Crippen LogP contribution >= 0.6 is 23.1 Å². The number of aromatic nitrogens is 1. The molecule has 1 aliphatic rings. The van der Waals surface area contributed by atoms with E-state index in [2.05, 4.69) is 10.3 Å². The molecule has 0 saturated heterocycles. The Kier molecular flexibility index (Phi) is 4.17. The zero-order chi connectivity index (χ0) is 14.8. The lowest BCUT2D eigenvalue weighted by molar-refractivity contribution is 0.0972. The van der Waals surface area contributed by atoms with Gasteiger partial charge >= 0.3 is 0 Å². The van der Waals surface area contributed by atoms with Crippen molar-refractivity contribution in [2.75, 3.05) is 17.3 Å². The lowest BCUT2D eigenvalue weighted by Gasteiger charge is -2.05. The second-order valence-electron chi connectivity index (χ2n) is 5.06. The lowest BCUT2D eigenvalue weighted by Crippen LogP contribution is -2.02. The topological polar surface area (TPSA) is 68.0 Å². The molecule has 1 saturated carbocycles. The monoisotopic (exact) mass is 319 g/mol. The predicted octanol–water partition coefficient (Wildman–Crippen LogP) is 3.65. The smallest absolute Gasteiger partial charge is 0.178 e. The lowest BCUT2D eigenvalue weighted by atomic mass is 10.2. The summed E-state index contributed by atoms with van der Waals surface area (Å²) in [4.78, 5) is 18.1. The van der Waals surface area contributed by atoms with Gasteiger partial charge in [-0.15, -0.1) is 23.1 Å². The zero-order valence-electron chi connectivity index (χ0n) is 11.8. The molecule has 110 valence electrons. The summed E-state index contributed by atoms with van der Waals surface area (Å²) in [6.07, 6.45) is 7.58. The molecule has 1 fully saturated rings. The van der Waals surface area contributed by atoms with Crippen molar-refractivity contribution < 1.29 is 4.79 Å². The van der Waals surface area contributed by atoms with Crippen LogP contribution in [-0.2, 0) is 6.54 Å².